The summed E-state index contributed by atoms with van der Waals surface area (Å²) in [7, 11) is 0. The zero-order valence-electron chi connectivity index (χ0n) is 25.6. The maximum absolute atomic E-state index is 6.24. The minimum absolute atomic E-state index is 0.604. The van der Waals surface area contributed by atoms with Crippen LogP contribution >= 0.6 is 11.3 Å². The zero-order chi connectivity index (χ0) is 31.6. The summed E-state index contributed by atoms with van der Waals surface area (Å²) in [4.78, 5) is 15.2. The van der Waals surface area contributed by atoms with Crippen LogP contribution in [0.2, 0.25) is 0 Å². The zero-order valence-corrected chi connectivity index (χ0v) is 26.4. The Morgan fingerprint density at radius 2 is 0.938 bits per heavy atom. The molecule has 0 atom stereocenters. The molecule has 0 spiro atoms. The lowest BCUT2D eigenvalue weighted by Crippen LogP contribution is -2.00. The van der Waals surface area contributed by atoms with Gasteiger partial charge >= 0.3 is 0 Å². The lowest BCUT2D eigenvalue weighted by molar-refractivity contribution is 0.669. The first-order valence-electron chi connectivity index (χ1n) is 15.9. The van der Waals surface area contributed by atoms with Crippen molar-refractivity contribution >= 4 is 64.2 Å². The average Bonchev–Trinajstić information content (AvgIpc) is 3.72. The Morgan fingerprint density at radius 1 is 0.375 bits per heavy atom. The van der Waals surface area contributed by atoms with Gasteiger partial charge in [-0.25, -0.2) is 15.0 Å². The van der Waals surface area contributed by atoms with Gasteiger partial charge in [0.25, 0.3) is 0 Å². The fourth-order valence-corrected chi connectivity index (χ4v) is 7.91. The Hall–Kier alpha value is -6.17. The third kappa shape index (κ3) is 4.40. The van der Waals surface area contributed by atoms with E-state index in [1.165, 1.54) is 36.5 Å². The van der Waals surface area contributed by atoms with E-state index in [0.29, 0.717) is 17.5 Å². The number of rotatable bonds is 4. The standard InChI is InChI=1S/C43H25N3OS/c1-2-10-31-26(8-1)9-7-13-32(31)27-16-18-28(19-17-27)41-44-42(29-20-22-34-33-11-3-5-14-37(33)47-38(34)24-29)46-43(45-41)30-21-23-36-35-12-4-6-15-39(35)48-40(36)25-30/h1-25H. The van der Waals surface area contributed by atoms with Crippen molar-refractivity contribution in [3.05, 3.63) is 152 Å². The lowest BCUT2D eigenvalue weighted by atomic mass is 9.97. The number of hydrogen-bond acceptors (Lipinski definition) is 5. The topological polar surface area (TPSA) is 51.8 Å². The van der Waals surface area contributed by atoms with Crippen LogP contribution in [-0.4, -0.2) is 15.0 Å². The van der Waals surface area contributed by atoms with E-state index in [1.54, 1.807) is 11.3 Å². The Balaban J connectivity index is 1.13. The van der Waals surface area contributed by atoms with Crippen LogP contribution in [0.1, 0.15) is 0 Å². The van der Waals surface area contributed by atoms with Gasteiger partial charge < -0.3 is 4.42 Å². The Bertz CT molecular complexity index is 2710. The van der Waals surface area contributed by atoms with Crippen molar-refractivity contribution in [3.63, 3.8) is 0 Å². The second-order valence-corrected chi connectivity index (χ2v) is 13.1. The number of aromatic nitrogens is 3. The summed E-state index contributed by atoms with van der Waals surface area (Å²) in [6.07, 6.45) is 0. The number of para-hydroxylation sites is 1. The van der Waals surface area contributed by atoms with Gasteiger partial charge in [-0.05, 0) is 52.2 Å². The van der Waals surface area contributed by atoms with Gasteiger partial charge in [0.15, 0.2) is 17.5 Å². The van der Waals surface area contributed by atoms with E-state index in [4.69, 9.17) is 19.4 Å². The number of furan rings is 1. The first kappa shape index (κ1) is 27.0. The highest BCUT2D eigenvalue weighted by Crippen LogP contribution is 2.37. The first-order valence-corrected chi connectivity index (χ1v) is 16.7. The molecule has 0 bridgehead atoms. The Labute approximate surface area is 279 Å². The Morgan fingerprint density at radius 3 is 1.77 bits per heavy atom. The summed E-state index contributed by atoms with van der Waals surface area (Å²) >= 11 is 1.79. The van der Waals surface area contributed by atoms with Crippen molar-refractivity contribution in [1.29, 1.82) is 0 Å². The monoisotopic (exact) mass is 631 g/mol. The summed E-state index contributed by atoms with van der Waals surface area (Å²) in [5.41, 5.74) is 6.78. The summed E-state index contributed by atoms with van der Waals surface area (Å²) in [5.74, 6) is 1.87. The van der Waals surface area contributed by atoms with E-state index in [9.17, 15) is 0 Å². The molecular weight excluding hydrogens is 607 g/mol. The van der Waals surface area contributed by atoms with Gasteiger partial charge in [0.2, 0.25) is 0 Å². The van der Waals surface area contributed by atoms with Gasteiger partial charge in [0.05, 0.1) is 0 Å². The molecule has 0 saturated heterocycles. The molecule has 0 saturated carbocycles. The molecule has 48 heavy (non-hydrogen) atoms. The fraction of sp³-hybridized carbons (Fsp3) is 0. The molecule has 0 aliphatic rings. The summed E-state index contributed by atoms with van der Waals surface area (Å²) in [6, 6.07) is 52.9. The van der Waals surface area contributed by atoms with Gasteiger partial charge in [-0.15, -0.1) is 11.3 Å². The maximum atomic E-state index is 6.24. The van der Waals surface area contributed by atoms with Gasteiger partial charge in [-0.3, -0.25) is 0 Å². The largest absolute Gasteiger partial charge is 0.456 e. The predicted molar refractivity (Wildman–Crippen MR) is 199 cm³/mol. The van der Waals surface area contributed by atoms with Crippen LogP contribution in [0.15, 0.2) is 156 Å². The van der Waals surface area contributed by atoms with E-state index < -0.39 is 0 Å². The molecule has 224 valence electrons. The smallest absolute Gasteiger partial charge is 0.164 e. The predicted octanol–water partition coefficient (Wildman–Crippen LogP) is 12.0. The van der Waals surface area contributed by atoms with Crippen LogP contribution in [-0.2, 0) is 0 Å². The van der Waals surface area contributed by atoms with Gasteiger partial charge in [-0.1, -0.05) is 121 Å². The molecule has 5 heteroatoms. The average molecular weight is 632 g/mol. The van der Waals surface area contributed by atoms with Crippen molar-refractivity contribution in [2.75, 3.05) is 0 Å². The molecule has 0 aliphatic heterocycles. The van der Waals surface area contributed by atoms with E-state index in [2.05, 4.69) is 127 Å². The SMILES string of the molecule is c1ccc2c(-c3ccc(-c4nc(-c5ccc6c(c5)oc5ccccc56)nc(-c5ccc6c(c5)sc5ccccc56)n4)cc3)cccc2c1. The summed E-state index contributed by atoms with van der Waals surface area (Å²) in [5, 5.41) is 7.14. The first-order chi connectivity index (χ1) is 23.7. The molecule has 0 radical (unpaired) electrons. The van der Waals surface area contributed by atoms with Gasteiger partial charge in [-0.2, -0.15) is 0 Å². The number of fused-ring (bicyclic) bond motifs is 7. The highest BCUT2D eigenvalue weighted by molar-refractivity contribution is 7.25. The molecule has 3 aromatic heterocycles. The number of benzene rings is 7. The summed E-state index contributed by atoms with van der Waals surface area (Å²) in [6.45, 7) is 0. The second kappa shape index (κ2) is 10.7. The second-order valence-electron chi connectivity index (χ2n) is 12.0. The van der Waals surface area contributed by atoms with Gasteiger partial charge in [0, 0.05) is 47.6 Å². The molecule has 0 amide bonds. The van der Waals surface area contributed by atoms with Crippen molar-refractivity contribution < 1.29 is 4.42 Å². The Kier molecular flexibility index (Phi) is 6.01. The molecule has 4 nitrogen and oxygen atoms in total. The van der Waals surface area contributed by atoms with Crippen LogP contribution in [0.25, 0.3) is 98.2 Å². The number of thiophene rings is 1. The number of hydrogen-bond donors (Lipinski definition) is 0. The molecule has 10 aromatic rings. The van der Waals surface area contributed by atoms with E-state index in [-0.39, 0.29) is 0 Å². The van der Waals surface area contributed by atoms with E-state index in [0.717, 1.165) is 44.2 Å². The van der Waals surface area contributed by atoms with Crippen molar-refractivity contribution in [2.24, 2.45) is 0 Å². The van der Waals surface area contributed by atoms with Crippen molar-refractivity contribution in [2.45, 2.75) is 0 Å². The van der Waals surface area contributed by atoms with Crippen LogP contribution in [0.3, 0.4) is 0 Å². The van der Waals surface area contributed by atoms with Crippen LogP contribution in [0.4, 0.5) is 0 Å². The molecule has 0 fully saturated rings. The molecule has 0 aliphatic carbocycles. The molecular formula is C43H25N3OS. The molecule has 0 N–H and O–H groups in total. The molecule has 0 unspecified atom stereocenters. The van der Waals surface area contributed by atoms with E-state index in [1.807, 2.05) is 24.3 Å². The minimum atomic E-state index is 0.604. The highest BCUT2D eigenvalue weighted by atomic mass is 32.1. The lowest BCUT2D eigenvalue weighted by Gasteiger charge is -2.10. The third-order valence-corrected chi connectivity index (χ3v) is 10.3. The fourth-order valence-electron chi connectivity index (χ4n) is 6.77. The minimum Gasteiger partial charge on any atom is -0.456 e. The summed E-state index contributed by atoms with van der Waals surface area (Å²) < 4.78 is 8.72. The van der Waals surface area contributed by atoms with Crippen LogP contribution in [0.5, 0.6) is 0 Å². The third-order valence-electron chi connectivity index (χ3n) is 9.15. The maximum Gasteiger partial charge on any atom is 0.164 e. The molecule has 7 aromatic carbocycles. The van der Waals surface area contributed by atoms with Gasteiger partial charge in [0.1, 0.15) is 11.2 Å². The normalized spacial score (nSPS) is 11.8. The molecule has 3 heterocycles. The van der Waals surface area contributed by atoms with Crippen molar-refractivity contribution in [3.8, 4) is 45.3 Å². The number of nitrogens with zero attached hydrogens (tertiary/aromatic N) is 3. The molecule has 10 rings (SSSR count). The quantitative estimate of drug-likeness (QED) is 0.194. The van der Waals surface area contributed by atoms with Crippen LogP contribution in [0, 0.1) is 0 Å². The highest BCUT2D eigenvalue weighted by Gasteiger charge is 2.16. The van der Waals surface area contributed by atoms with Crippen LogP contribution < -0.4 is 0 Å². The van der Waals surface area contributed by atoms with E-state index >= 15 is 0 Å². The van der Waals surface area contributed by atoms with Crippen molar-refractivity contribution in [1.82, 2.24) is 15.0 Å².